The van der Waals surface area contributed by atoms with Crippen molar-refractivity contribution < 1.29 is 23.1 Å². The summed E-state index contributed by atoms with van der Waals surface area (Å²) in [6.07, 6.45) is 1.57. The van der Waals surface area contributed by atoms with Crippen LogP contribution in [0, 0.1) is 17.5 Å². The van der Waals surface area contributed by atoms with Crippen LogP contribution in [-0.2, 0) is 0 Å². The number of carbonyl (C=O) groups is 1. The van der Waals surface area contributed by atoms with Gasteiger partial charge in [-0.05, 0) is 35.9 Å². The van der Waals surface area contributed by atoms with Crippen molar-refractivity contribution in [3.8, 4) is 16.2 Å². The van der Waals surface area contributed by atoms with Crippen molar-refractivity contribution in [3.63, 3.8) is 0 Å². The predicted octanol–water partition coefficient (Wildman–Crippen LogP) is 4.65. The summed E-state index contributed by atoms with van der Waals surface area (Å²) < 4.78 is 40.6. The van der Waals surface area contributed by atoms with Gasteiger partial charge in [-0.15, -0.1) is 11.3 Å². The Kier molecular flexibility index (Phi) is 3.77. The second-order valence-electron chi connectivity index (χ2n) is 5.51. The van der Waals surface area contributed by atoms with E-state index in [2.05, 4.69) is 9.97 Å². The van der Waals surface area contributed by atoms with Gasteiger partial charge >= 0.3 is 0 Å². The van der Waals surface area contributed by atoms with Crippen molar-refractivity contribution in [2.75, 3.05) is 0 Å². The van der Waals surface area contributed by atoms with Crippen molar-refractivity contribution in [2.24, 2.45) is 0 Å². The SMILES string of the molecule is O=C(c1ccc(-c2ccc3[nH]cnc3c2)s1)c1cc(F)c(F)c(O)c1F. The van der Waals surface area contributed by atoms with Crippen molar-refractivity contribution in [1.82, 2.24) is 9.97 Å². The Morgan fingerprint density at radius 3 is 2.69 bits per heavy atom. The number of aromatic nitrogens is 2. The summed E-state index contributed by atoms with van der Waals surface area (Å²) in [5, 5.41) is 9.28. The molecule has 2 heterocycles. The monoisotopic (exact) mass is 374 g/mol. The van der Waals surface area contributed by atoms with Crippen molar-refractivity contribution in [3.05, 3.63) is 70.6 Å². The number of thiophene rings is 1. The number of halogens is 3. The molecule has 130 valence electrons. The number of rotatable bonds is 3. The molecule has 0 bridgehead atoms. The molecule has 0 aliphatic carbocycles. The van der Waals surface area contributed by atoms with Gasteiger partial charge in [0.15, 0.2) is 17.4 Å². The molecule has 0 fully saturated rings. The van der Waals surface area contributed by atoms with Crippen LogP contribution in [0.5, 0.6) is 5.75 Å². The molecule has 4 rings (SSSR count). The second kappa shape index (κ2) is 5.99. The first-order valence-electron chi connectivity index (χ1n) is 7.40. The van der Waals surface area contributed by atoms with Crippen LogP contribution < -0.4 is 0 Å². The summed E-state index contributed by atoms with van der Waals surface area (Å²) in [5.74, 6) is -7.05. The fourth-order valence-corrected chi connectivity index (χ4v) is 3.55. The zero-order valence-corrected chi connectivity index (χ0v) is 13.7. The van der Waals surface area contributed by atoms with Crippen LogP contribution in [0.2, 0.25) is 0 Å². The number of aromatic hydroxyl groups is 1. The number of benzene rings is 2. The number of ketones is 1. The summed E-state index contributed by atoms with van der Waals surface area (Å²) in [5.41, 5.74) is 1.70. The summed E-state index contributed by atoms with van der Waals surface area (Å²) >= 11 is 1.07. The number of imidazole rings is 1. The second-order valence-corrected chi connectivity index (χ2v) is 6.59. The number of nitrogens with one attached hydrogen (secondary N) is 1. The summed E-state index contributed by atoms with van der Waals surface area (Å²) in [6, 6.07) is 9.09. The van der Waals surface area contributed by atoms with Crippen LogP contribution in [0.25, 0.3) is 21.5 Å². The molecule has 0 atom stereocenters. The first-order chi connectivity index (χ1) is 12.5. The first-order valence-corrected chi connectivity index (χ1v) is 8.22. The van der Waals surface area contributed by atoms with Crippen molar-refractivity contribution in [1.29, 1.82) is 0 Å². The van der Waals surface area contributed by atoms with E-state index in [-0.39, 0.29) is 4.88 Å². The fraction of sp³-hybridized carbons (Fsp3) is 0. The smallest absolute Gasteiger partial charge is 0.206 e. The maximum atomic E-state index is 14.0. The number of nitrogens with zero attached hydrogens (tertiary/aromatic N) is 1. The number of aromatic amines is 1. The molecule has 0 aliphatic heterocycles. The molecule has 0 radical (unpaired) electrons. The molecule has 0 unspecified atom stereocenters. The molecule has 2 aromatic heterocycles. The summed E-state index contributed by atoms with van der Waals surface area (Å²) in [6.45, 7) is 0. The topological polar surface area (TPSA) is 66.0 Å². The van der Waals surface area contributed by atoms with E-state index in [0.717, 1.165) is 32.8 Å². The quantitative estimate of drug-likeness (QED) is 0.405. The highest BCUT2D eigenvalue weighted by Gasteiger charge is 2.24. The van der Waals surface area contributed by atoms with Crippen molar-refractivity contribution in [2.45, 2.75) is 0 Å². The van der Waals surface area contributed by atoms with Crippen LogP contribution in [0.4, 0.5) is 13.2 Å². The molecule has 26 heavy (non-hydrogen) atoms. The van der Waals surface area contributed by atoms with E-state index < -0.39 is 34.5 Å². The molecule has 0 amide bonds. The third kappa shape index (κ3) is 2.55. The Balaban J connectivity index is 1.73. The lowest BCUT2D eigenvalue weighted by molar-refractivity contribution is 0.103. The highest BCUT2D eigenvalue weighted by molar-refractivity contribution is 7.17. The average molecular weight is 374 g/mol. The van der Waals surface area contributed by atoms with E-state index in [1.54, 1.807) is 12.4 Å². The van der Waals surface area contributed by atoms with Gasteiger partial charge in [0.25, 0.3) is 0 Å². The van der Waals surface area contributed by atoms with Gasteiger partial charge in [0, 0.05) is 4.88 Å². The molecule has 4 aromatic rings. The van der Waals surface area contributed by atoms with E-state index in [0.29, 0.717) is 6.07 Å². The van der Waals surface area contributed by atoms with Gasteiger partial charge in [0.1, 0.15) is 0 Å². The van der Waals surface area contributed by atoms with Gasteiger partial charge < -0.3 is 10.1 Å². The Hall–Kier alpha value is -3.13. The maximum Gasteiger partial charge on any atom is 0.206 e. The zero-order valence-electron chi connectivity index (χ0n) is 12.9. The lowest BCUT2D eigenvalue weighted by Crippen LogP contribution is -2.05. The van der Waals surface area contributed by atoms with E-state index in [9.17, 15) is 23.1 Å². The summed E-state index contributed by atoms with van der Waals surface area (Å²) in [7, 11) is 0. The number of hydrogen-bond donors (Lipinski definition) is 2. The van der Waals surface area contributed by atoms with E-state index in [1.807, 2.05) is 18.2 Å². The minimum Gasteiger partial charge on any atom is -0.503 e. The van der Waals surface area contributed by atoms with Crippen LogP contribution in [-0.4, -0.2) is 20.9 Å². The van der Waals surface area contributed by atoms with Crippen LogP contribution >= 0.6 is 11.3 Å². The summed E-state index contributed by atoms with van der Waals surface area (Å²) in [4.78, 5) is 20.4. The normalized spacial score (nSPS) is 11.2. The minimum absolute atomic E-state index is 0.131. The van der Waals surface area contributed by atoms with E-state index in [4.69, 9.17) is 0 Å². The lowest BCUT2D eigenvalue weighted by Gasteiger charge is -2.04. The van der Waals surface area contributed by atoms with E-state index in [1.165, 1.54) is 6.07 Å². The van der Waals surface area contributed by atoms with Gasteiger partial charge in [-0.25, -0.2) is 13.8 Å². The number of H-pyrrole nitrogens is 1. The van der Waals surface area contributed by atoms with Gasteiger partial charge in [0.2, 0.25) is 11.6 Å². The predicted molar refractivity (Wildman–Crippen MR) is 90.8 cm³/mol. The third-order valence-electron chi connectivity index (χ3n) is 3.91. The maximum absolute atomic E-state index is 14.0. The van der Waals surface area contributed by atoms with Gasteiger partial charge in [0.05, 0.1) is 27.8 Å². The average Bonchev–Trinajstić information content (AvgIpc) is 3.30. The number of phenols is 1. The molecule has 0 spiro atoms. The standard InChI is InChI=1S/C18H9F3N2O2S/c19-10-6-9(15(20)18(25)16(10)21)17(24)14-4-3-13(26-14)8-1-2-11-12(5-8)23-7-22-11/h1-7,25H,(H,22,23). The molecular weight excluding hydrogens is 365 g/mol. The largest absolute Gasteiger partial charge is 0.503 e. The number of hydrogen-bond acceptors (Lipinski definition) is 4. The van der Waals surface area contributed by atoms with Crippen molar-refractivity contribution >= 4 is 28.2 Å². The molecule has 0 saturated carbocycles. The molecule has 8 heteroatoms. The lowest BCUT2D eigenvalue weighted by atomic mass is 10.1. The van der Waals surface area contributed by atoms with Gasteiger partial charge in [-0.2, -0.15) is 4.39 Å². The highest BCUT2D eigenvalue weighted by atomic mass is 32.1. The highest BCUT2D eigenvalue weighted by Crippen LogP contribution is 2.33. The fourth-order valence-electron chi connectivity index (χ4n) is 2.59. The number of phenolic OH excluding ortho intramolecular Hbond substituents is 1. The molecule has 4 nitrogen and oxygen atoms in total. The Bertz CT molecular complexity index is 1170. The Labute approximate surface area is 148 Å². The van der Waals surface area contributed by atoms with Crippen LogP contribution in [0.3, 0.4) is 0 Å². The number of carbonyl (C=O) groups excluding carboxylic acids is 1. The molecule has 2 aromatic carbocycles. The number of fused-ring (bicyclic) bond motifs is 1. The van der Waals surface area contributed by atoms with E-state index >= 15 is 0 Å². The van der Waals surface area contributed by atoms with Crippen LogP contribution in [0.1, 0.15) is 15.2 Å². The van der Waals surface area contributed by atoms with Crippen LogP contribution in [0.15, 0.2) is 42.7 Å². The third-order valence-corrected chi connectivity index (χ3v) is 5.05. The van der Waals surface area contributed by atoms with Gasteiger partial charge in [-0.1, -0.05) is 6.07 Å². The zero-order chi connectivity index (χ0) is 18.4. The van der Waals surface area contributed by atoms with Gasteiger partial charge in [-0.3, -0.25) is 4.79 Å². The molecule has 2 N–H and O–H groups in total. The Morgan fingerprint density at radius 1 is 1.08 bits per heavy atom. The Morgan fingerprint density at radius 2 is 1.88 bits per heavy atom. The first kappa shape index (κ1) is 16.3. The molecule has 0 saturated heterocycles. The molecule has 0 aliphatic rings. The molecular formula is C18H9F3N2O2S. The minimum atomic E-state index is -1.72.